The van der Waals surface area contributed by atoms with E-state index in [1.807, 2.05) is 0 Å². The minimum absolute atomic E-state index is 1.02. The van der Waals surface area contributed by atoms with Gasteiger partial charge in [0.2, 0.25) is 0 Å². The second kappa shape index (κ2) is 4.63. The van der Waals surface area contributed by atoms with Crippen molar-refractivity contribution in [2.45, 2.75) is 13.3 Å². The standard InChI is InChI=1S/C10H11BrS/c1-3-8(2)4-5-9-6-7-10(11)12-9/h4-7H,2-3H2,1H3. The van der Waals surface area contributed by atoms with E-state index >= 15 is 0 Å². The molecule has 0 atom stereocenters. The molecular formula is C10H11BrS. The van der Waals surface area contributed by atoms with Crippen LogP contribution in [0.25, 0.3) is 6.08 Å². The van der Waals surface area contributed by atoms with Crippen molar-refractivity contribution in [1.29, 1.82) is 0 Å². The van der Waals surface area contributed by atoms with E-state index in [1.165, 1.54) is 14.2 Å². The molecule has 0 radical (unpaired) electrons. The normalized spacial score (nSPS) is 10.8. The third kappa shape index (κ3) is 2.95. The largest absolute Gasteiger partial charge is 0.129 e. The first-order chi connectivity index (χ1) is 5.72. The van der Waals surface area contributed by atoms with Gasteiger partial charge in [0.25, 0.3) is 0 Å². The van der Waals surface area contributed by atoms with Gasteiger partial charge in [-0.05, 0) is 40.6 Å². The molecule has 1 heterocycles. The van der Waals surface area contributed by atoms with Crippen molar-refractivity contribution in [3.63, 3.8) is 0 Å². The fourth-order valence-electron chi connectivity index (χ4n) is 0.736. The van der Waals surface area contributed by atoms with Crippen molar-refractivity contribution >= 4 is 33.3 Å². The van der Waals surface area contributed by atoms with Gasteiger partial charge in [-0.25, -0.2) is 0 Å². The lowest BCUT2D eigenvalue weighted by Crippen LogP contribution is -1.67. The fourth-order valence-corrected chi connectivity index (χ4v) is 2.06. The Kier molecular flexibility index (Phi) is 3.76. The Bertz CT molecular complexity index is 297. The van der Waals surface area contributed by atoms with E-state index in [0.717, 1.165) is 6.42 Å². The van der Waals surface area contributed by atoms with Gasteiger partial charge >= 0.3 is 0 Å². The summed E-state index contributed by atoms with van der Waals surface area (Å²) in [6, 6.07) is 4.15. The Morgan fingerprint density at radius 2 is 2.42 bits per heavy atom. The number of rotatable bonds is 3. The van der Waals surface area contributed by atoms with Crippen LogP contribution in [-0.2, 0) is 0 Å². The number of hydrogen-bond acceptors (Lipinski definition) is 1. The van der Waals surface area contributed by atoms with Crippen molar-refractivity contribution in [3.8, 4) is 0 Å². The van der Waals surface area contributed by atoms with Crippen LogP contribution < -0.4 is 0 Å². The molecule has 0 aliphatic rings. The second-order valence-corrected chi connectivity index (χ2v) is 4.98. The summed E-state index contributed by atoms with van der Waals surface area (Å²) in [6.07, 6.45) is 5.18. The van der Waals surface area contributed by atoms with Gasteiger partial charge in [0.05, 0.1) is 3.79 Å². The number of hydrogen-bond donors (Lipinski definition) is 0. The average Bonchev–Trinajstić information content (AvgIpc) is 2.47. The Balaban J connectivity index is 2.63. The maximum Gasteiger partial charge on any atom is 0.0704 e. The summed E-state index contributed by atoms with van der Waals surface area (Å²) in [6.45, 7) is 6.01. The molecule has 1 aromatic rings. The summed E-state index contributed by atoms with van der Waals surface area (Å²) in [7, 11) is 0. The van der Waals surface area contributed by atoms with Gasteiger partial charge in [-0.3, -0.25) is 0 Å². The van der Waals surface area contributed by atoms with Gasteiger partial charge in [-0.2, -0.15) is 0 Å². The van der Waals surface area contributed by atoms with Crippen LogP contribution in [0.15, 0.2) is 34.1 Å². The number of thiophene rings is 1. The monoisotopic (exact) mass is 242 g/mol. The van der Waals surface area contributed by atoms with E-state index in [9.17, 15) is 0 Å². The molecule has 0 aromatic carbocycles. The fraction of sp³-hybridized carbons (Fsp3) is 0.200. The van der Waals surface area contributed by atoms with Crippen LogP contribution in [0, 0.1) is 0 Å². The van der Waals surface area contributed by atoms with Crippen molar-refractivity contribution in [3.05, 3.63) is 39.0 Å². The van der Waals surface area contributed by atoms with E-state index in [4.69, 9.17) is 0 Å². The highest BCUT2D eigenvalue weighted by atomic mass is 79.9. The highest BCUT2D eigenvalue weighted by Gasteiger charge is 1.91. The molecule has 0 aliphatic heterocycles. The van der Waals surface area contributed by atoms with Gasteiger partial charge in [-0.1, -0.05) is 25.2 Å². The number of allylic oxidation sites excluding steroid dienone is 2. The van der Waals surface area contributed by atoms with Gasteiger partial charge < -0.3 is 0 Å². The first kappa shape index (κ1) is 9.75. The zero-order valence-electron chi connectivity index (χ0n) is 7.01. The molecule has 64 valence electrons. The minimum atomic E-state index is 1.02. The van der Waals surface area contributed by atoms with E-state index in [2.05, 4.69) is 53.7 Å². The van der Waals surface area contributed by atoms with Gasteiger partial charge in [0.1, 0.15) is 0 Å². The first-order valence-corrected chi connectivity index (χ1v) is 5.44. The van der Waals surface area contributed by atoms with Crippen LogP contribution in [0.2, 0.25) is 0 Å². The number of halogens is 1. The third-order valence-corrected chi connectivity index (χ3v) is 3.12. The van der Waals surface area contributed by atoms with Crippen molar-refractivity contribution in [2.24, 2.45) is 0 Å². The quantitative estimate of drug-likeness (QED) is 0.686. The van der Waals surface area contributed by atoms with Crippen LogP contribution in [0.3, 0.4) is 0 Å². The Morgan fingerprint density at radius 3 is 2.92 bits per heavy atom. The predicted molar refractivity (Wildman–Crippen MR) is 60.5 cm³/mol. The summed E-state index contributed by atoms with van der Waals surface area (Å²) in [4.78, 5) is 1.26. The van der Waals surface area contributed by atoms with Crippen molar-refractivity contribution < 1.29 is 0 Å². The highest BCUT2D eigenvalue weighted by molar-refractivity contribution is 9.11. The molecule has 0 saturated heterocycles. The smallest absolute Gasteiger partial charge is 0.0704 e. The molecule has 0 unspecified atom stereocenters. The lowest BCUT2D eigenvalue weighted by atomic mass is 10.2. The molecule has 1 aromatic heterocycles. The lowest BCUT2D eigenvalue weighted by molar-refractivity contribution is 1.16. The Morgan fingerprint density at radius 1 is 1.67 bits per heavy atom. The summed E-state index contributed by atoms with van der Waals surface area (Å²) < 4.78 is 1.17. The summed E-state index contributed by atoms with van der Waals surface area (Å²) in [5.74, 6) is 0. The minimum Gasteiger partial charge on any atom is -0.129 e. The molecule has 0 N–H and O–H groups in total. The molecule has 0 nitrogen and oxygen atoms in total. The maximum absolute atomic E-state index is 3.90. The van der Waals surface area contributed by atoms with Gasteiger partial charge in [0.15, 0.2) is 0 Å². The molecule has 2 heteroatoms. The van der Waals surface area contributed by atoms with Gasteiger partial charge in [0, 0.05) is 4.88 Å². The lowest BCUT2D eigenvalue weighted by Gasteiger charge is -1.89. The second-order valence-electron chi connectivity index (χ2n) is 2.49. The van der Waals surface area contributed by atoms with Crippen LogP contribution in [0.1, 0.15) is 18.2 Å². The van der Waals surface area contributed by atoms with E-state index in [1.54, 1.807) is 11.3 Å². The molecule has 0 bridgehead atoms. The summed E-state index contributed by atoms with van der Waals surface area (Å²) in [5, 5.41) is 0. The summed E-state index contributed by atoms with van der Waals surface area (Å²) in [5.41, 5.74) is 1.17. The Hall–Kier alpha value is -0.340. The molecule has 12 heavy (non-hydrogen) atoms. The molecule has 0 spiro atoms. The van der Waals surface area contributed by atoms with Crippen molar-refractivity contribution in [2.75, 3.05) is 0 Å². The van der Waals surface area contributed by atoms with Crippen molar-refractivity contribution in [1.82, 2.24) is 0 Å². The van der Waals surface area contributed by atoms with E-state index in [0.29, 0.717) is 0 Å². The molecule has 0 aliphatic carbocycles. The molecule has 0 amide bonds. The van der Waals surface area contributed by atoms with E-state index < -0.39 is 0 Å². The molecule has 0 fully saturated rings. The third-order valence-electron chi connectivity index (χ3n) is 1.53. The predicted octanol–water partition coefficient (Wildman–Crippen LogP) is 4.49. The average molecular weight is 243 g/mol. The maximum atomic E-state index is 3.90. The van der Waals surface area contributed by atoms with E-state index in [-0.39, 0.29) is 0 Å². The molecular weight excluding hydrogens is 232 g/mol. The van der Waals surface area contributed by atoms with Crippen LogP contribution in [0.5, 0.6) is 0 Å². The zero-order chi connectivity index (χ0) is 8.97. The van der Waals surface area contributed by atoms with Crippen LogP contribution >= 0.6 is 27.3 Å². The first-order valence-electron chi connectivity index (χ1n) is 3.83. The molecule has 1 rings (SSSR count). The highest BCUT2D eigenvalue weighted by Crippen LogP contribution is 2.23. The molecule has 0 saturated carbocycles. The topological polar surface area (TPSA) is 0 Å². The van der Waals surface area contributed by atoms with Crippen LogP contribution in [-0.4, -0.2) is 0 Å². The van der Waals surface area contributed by atoms with Crippen LogP contribution in [0.4, 0.5) is 0 Å². The zero-order valence-corrected chi connectivity index (χ0v) is 9.41. The summed E-state index contributed by atoms with van der Waals surface area (Å²) >= 11 is 5.15. The van der Waals surface area contributed by atoms with Gasteiger partial charge in [-0.15, -0.1) is 11.3 Å². The Labute approximate surface area is 85.7 Å². The SMILES string of the molecule is C=C(C=Cc1ccc(Br)s1)CC.